The molecule has 2 heterocycles. The molecule has 52 valence electrons. The Morgan fingerprint density at radius 2 is 2.40 bits per heavy atom. The first kappa shape index (κ1) is 5.53. The summed E-state index contributed by atoms with van der Waals surface area (Å²) in [6.45, 7) is 0.906. The number of aromatic nitrogens is 2. The molecule has 3 heteroatoms. The minimum absolute atomic E-state index is 0.906. The third-order valence-electron chi connectivity index (χ3n) is 1.62. The summed E-state index contributed by atoms with van der Waals surface area (Å²) in [5, 5.41) is 0. The number of imidazole rings is 1. The van der Waals surface area contributed by atoms with Gasteiger partial charge in [0.05, 0.1) is 6.54 Å². The van der Waals surface area contributed by atoms with Gasteiger partial charge in [-0.05, 0) is 0 Å². The van der Waals surface area contributed by atoms with Gasteiger partial charge in [0.25, 0.3) is 0 Å². The highest BCUT2D eigenvalue weighted by molar-refractivity contribution is 5.26. The van der Waals surface area contributed by atoms with Crippen molar-refractivity contribution >= 4 is 6.20 Å². The second kappa shape index (κ2) is 1.87. The lowest BCUT2D eigenvalue weighted by Gasteiger charge is -2.17. The summed E-state index contributed by atoms with van der Waals surface area (Å²) in [7, 11) is 2.04. The van der Waals surface area contributed by atoms with Crippen LogP contribution in [0.25, 0.3) is 6.20 Å². The zero-order valence-electron chi connectivity index (χ0n) is 5.86. The Morgan fingerprint density at radius 1 is 1.50 bits per heavy atom. The van der Waals surface area contributed by atoms with Crippen LogP contribution in [0, 0.1) is 0 Å². The first-order chi connectivity index (χ1) is 4.86. The van der Waals surface area contributed by atoms with Crippen molar-refractivity contribution in [2.24, 2.45) is 0 Å². The summed E-state index contributed by atoms with van der Waals surface area (Å²) >= 11 is 0. The van der Waals surface area contributed by atoms with Crippen LogP contribution in [0.5, 0.6) is 0 Å². The van der Waals surface area contributed by atoms with E-state index in [4.69, 9.17) is 0 Å². The molecule has 0 aliphatic carbocycles. The molecule has 0 fully saturated rings. The van der Waals surface area contributed by atoms with Crippen LogP contribution in [-0.2, 0) is 6.54 Å². The van der Waals surface area contributed by atoms with Crippen LogP contribution in [0.2, 0.25) is 0 Å². The molecular weight excluding hydrogens is 126 g/mol. The molecule has 0 atom stereocenters. The molecule has 0 unspecified atom stereocenters. The number of rotatable bonds is 0. The molecule has 1 aromatic rings. The minimum Gasteiger partial charge on any atom is -0.372 e. The van der Waals surface area contributed by atoms with Gasteiger partial charge < -0.3 is 9.47 Å². The predicted molar refractivity (Wildman–Crippen MR) is 39.0 cm³/mol. The summed E-state index contributed by atoms with van der Waals surface area (Å²) in [6, 6.07) is 0. The van der Waals surface area contributed by atoms with Crippen LogP contribution in [0.4, 0.5) is 0 Å². The molecule has 1 aliphatic heterocycles. The summed E-state index contributed by atoms with van der Waals surface area (Å²) in [6.07, 6.45) is 7.82. The Morgan fingerprint density at radius 3 is 3.30 bits per heavy atom. The molecular formula is C7H9N3. The minimum atomic E-state index is 0.906. The number of hydrogen-bond acceptors (Lipinski definition) is 2. The van der Waals surface area contributed by atoms with E-state index in [0.717, 1.165) is 12.4 Å². The first-order valence-electron chi connectivity index (χ1n) is 3.26. The Hall–Kier alpha value is -1.25. The van der Waals surface area contributed by atoms with Gasteiger partial charge in [-0.2, -0.15) is 0 Å². The maximum absolute atomic E-state index is 4.18. The third kappa shape index (κ3) is 0.708. The average Bonchev–Trinajstić information content (AvgIpc) is 2.33. The average molecular weight is 135 g/mol. The monoisotopic (exact) mass is 135 g/mol. The van der Waals surface area contributed by atoms with E-state index in [2.05, 4.69) is 9.88 Å². The predicted octanol–water partition coefficient (Wildman–Crippen LogP) is 0.757. The van der Waals surface area contributed by atoms with Gasteiger partial charge in [-0.3, -0.25) is 0 Å². The van der Waals surface area contributed by atoms with Gasteiger partial charge in [-0.1, -0.05) is 0 Å². The molecule has 2 rings (SSSR count). The van der Waals surface area contributed by atoms with Gasteiger partial charge in [0.15, 0.2) is 0 Å². The first-order valence-corrected chi connectivity index (χ1v) is 3.26. The van der Waals surface area contributed by atoms with Gasteiger partial charge in [0, 0.05) is 31.8 Å². The zero-order valence-corrected chi connectivity index (χ0v) is 5.86. The number of fused-ring (bicyclic) bond motifs is 1. The number of hydrogen-bond donors (Lipinski definition) is 0. The van der Waals surface area contributed by atoms with Gasteiger partial charge >= 0.3 is 0 Å². The lowest BCUT2D eigenvalue weighted by molar-refractivity contribution is 0.424. The fourth-order valence-corrected chi connectivity index (χ4v) is 1.06. The third-order valence-corrected chi connectivity index (χ3v) is 1.62. The standard InChI is InChI=1S/C7H9N3/c1-9-4-5-10-3-2-8-7(10)6-9/h2-5H,6H2,1H3. The Bertz CT molecular complexity index is 262. The van der Waals surface area contributed by atoms with Gasteiger partial charge in [-0.15, -0.1) is 0 Å². The summed E-state index contributed by atoms with van der Waals surface area (Å²) < 4.78 is 2.03. The molecule has 0 saturated carbocycles. The second-order valence-electron chi connectivity index (χ2n) is 2.46. The van der Waals surface area contributed by atoms with Crippen molar-refractivity contribution in [1.29, 1.82) is 0 Å². The van der Waals surface area contributed by atoms with Gasteiger partial charge in [0.2, 0.25) is 0 Å². The molecule has 3 nitrogen and oxygen atoms in total. The summed E-state index contributed by atoms with van der Waals surface area (Å²) in [4.78, 5) is 6.28. The van der Waals surface area contributed by atoms with Crippen molar-refractivity contribution < 1.29 is 0 Å². The molecule has 1 aliphatic rings. The van der Waals surface area contributed by atoms with E-state index in [1.165, 1.54) is 0 Å². The molecule has 10 heavy (non-hydrogen) atoms. The van der Waals surface area contributed by atoms with E-state index in [9.17, 15) is 0 Å². The van der Waals surface area contributed by atoms with Crippen molar-refractivity contribution in [3.8, 4) is 0 Å². The van der Waals surface area contributed by atoms with Crippen LogP contribution in [-0.4, -0.2) is 21.5 Å². The highest BCUT2D eigenvalue weighted by atomic mass is 15.2. The smallest absolute Gasteiger partial charge is 0.132 e. The molecule has 0 aromatic carbocycles. The quantitative estimate of drug-likeness (QED) is 0.523. The second-order valence-corrected chi connectivity index (χ2v) is 2.46. The lowest BCUT2D eigenvalue weighted by atomic mass is 10.5. The van der Waals surface area contributed by atoms with Gasteiger partial charge in [0.1, 0.15) is 5.82 Å². The zero-order chi connectivity index (χ0) is 6.97. The molecule has 0 spiro atoms. The Labute approximate surface area is 59.6 Å². The van der Waals surface area contributed by atoms with E-state index in [-0.39, 0.29) is 0 Å². The van der Waals surface area contributed by atoms with Crippen LogP contribution >= 0.6 is 0 Å². The molecule has 0 saturated heterocycles. The topological polar surface area (TPSA) is 21.1 Å². The molecule has 0 radical (unpaired) electrons. The van der Waals surface area contributed by atoms with Crippen LogP contribution in [0.15, 0.2) is 18.6 Å². The van der Waals surface area contributed by atoms with E-state index in [1.54, 1.807) is 0 Å². The highest BCUT2D eigenvalue weighted by Gasteiger charge is 2.05. The highest BCUT2D eigenvalue weighted by Crippen LogP contribution is 2.07. The summed E-state index contributed by atoms with van der Waals surface area (Å²) in [5.41, 5.74) is 0. The van der Waals surface area contributed by atoms with E-state index in [0.29, 0.717) is 0 Å². The van der Waals surface area contributed by atoms with Crippen LogP contribution < -0.4 is 0 Å². The molecule has 1 aromatic heterocycles. The van der Waals surface area contributed by atoms with Crippen molar-refractivity contribution in [2.45, 2.75) is 6.54 Å². The Kier molecular flexibility index (Phi) is 1.03. The van der Waals surface area contributed by atoms with Crippen molar-refractivity contribution in [1.82, 2.24) is 14.5 Å². The fourth-order valence-electron chi connectivity index (χ4n) is 1.06. The summed E-state index contributed by atoms with van der Waals surface area (Å²) in [5.74, 6) is 1.10. The van der Waals surface area contributed by atoms with E-state index < -0.39 is 0 Å². The van der Waals surface area contributed by atoms with E-state index in [1.807, 2.05) is 36.4 Å². The maximum Gasteiger partial charge on any atom is 0.132 e. The van der Waals surface area contributed by atoms with Crippen molar-refractivity contribution in [3.63, 3.8) is 0 Å². The van der Waals surface area contributed by atoms with Crippen molar-refractivity contribution in [2.75, 3.05) is 7.05 Å². The van der Waals surface area contributed by atoms with Gasteiger partial charge in [-0.25, -0.2) is 4.98 Å². The molecule has 0 N–H and O–H groups in total. The SMILES string of the molecule is CN1C=Cn2ccnc2C1. The molecule has 0 bridgehead atoms. The molecule has 0 amide bonds. The fraction of sp³-hybridized carbons (Fsp3) is 0.286. The van der Waals surface area contributed by atoms with Crippen LogP contribution in [0.1, 0.15) is 5.82 Å². The lowest BCUT2D eigenvalue weighted by Crippen LogP contribution is -2.17. The van der Waals surface area contributed by atoms with E-state index >= 15 is 0 Å². The largest absolute Gasteiger partial charge is 0.372 e. The maximum atomic E-state index is 4.18. The van der Waals surface area contributed by atoms with Crippen LogP contribution in [0.3, 0.4) is 0 Å². The normalized spacial score (nSPS) is 15.5. The van der Waals surface area contributed by atoms with Crippen molar-refractivity contribution in [3.05, 3.63) is 24.4 Å². The Balaban J connectivity index is 2.43. The number of nitrogens with zero attached hydrogens (tertiary/aromatic N) is 3.